The lowest BCUT2D eigenvalue weighted by Crippen LogP contribution is -2.36. The minimum absolute atomic E-state index is 0.0369. The lowest BCUT2D eigenvalue weighted by Gasteiger charge is -2.26. The first kappa shape index (κ1) is 22.4. The van der Waals surface area contributed by atoms with Crippen molar-refractivity contribution in [2.24, 2.45) is 0 Å². The molecule has 0 bridgehead atoms. The summed E-state index contributed by atoms with van der Waals surface area (Å²) >= 11 is 1.31. The maximum absolute atomic E-state index is 13.3. The van der Waals surface area contributed by atoms with Gasteiger partial charge in [-0.05, 0) is 36.8 Å². The normalized spacial score (nSPS) is 11.4. The van der Waals surface area contributed by atoms with Gasteiger partial charge in [0.1, 0.15) is 5.75 Å². The standard InChI is InChI=1S/C25H26N2O3S/c1-19(31-18-24(28)26-22-15-9-10-16-23(22)30-2)25(29)27(21-13-7-4-8-14-21)17-20-11-5-3-6-12-20/h3-16,19H,17-18H2,1-2H3,(H,26,28). The van der Waals surface area contributed by atoms with Gasteiger partial charge < -0.3 is 15.0 Å². The molecule has 0 fully saturated rings. The van der Waals surface area contributed by atoms with E-state index in [9.17, 15) is 9.59 Å². The summed E-state index contributed by atoms with van der Waals surface area (Å²) in [5.41, 5.74) is 2.50. The number of benzene rings is 3. The maximum atomic E-state index is 13.3. The number of anilines is 2. The van der Waals surface area contributed by atoms with Crippen LogP contribution in [0.25, 0.3) is 0 Å². The number of hydrogen-bond acceptors (Lipinski definition) is 4. The van der Waals surface area contributed by atoms with Crippen molar-refractivity contribution in [3.63, 3.8) is 0 Å². The van der Waals surface area contributed by atoms with Crippen LogP contribution in [0.15, 0.2) is 84.9 Å². The number of amides is 2. The molecule has 1 atom stereocenters. The van der Waals surface area contributed by atoms with E-state index in [1.165, 1.54) is 11.8 Å². The van der Waals surface area contributed by atoms with Gasteiger partial charge in [0.05, 0.1) is 30.3 Å². The molecule has 6 heteroatoms. The second kappa shape index (κ2) is 11.2. The van der Waals surface area contributed by atoms with Crippen LogP contribution in [0, 0.1) is 0 Å². The van der Waals surface area contributed by atoms with Crippen LogP contribution in [0.1, 0.15) is 12.5 Å². The zero-order chi connectivity index (χ0) is 22.1. The van der Waals surface area contributed by atoms with Crippen LogP contribution >= 0.6 is 11.8 Å². The molecule has 0 aliphatic heterocycles. The fourth-order valence-electron chi connectivity index (χ4n) is 3.10. The lowest BCUT2D eigenvalue weighted by molar-refractivity contribution is -0.118. The van der Waals surface area contributed by atoms with Gasteiger partial charge in [0.25, 0.3) is 0 Å². The van der Waals surface area contributed by atoms with Gasteiger partial charge in [-0.25, -0.2) is 0 Å². The molecule has 0 spiro atoms. The Balaban J connectivity index is 1.64. The molecular formula is C25H26N2O3S. The summed E-state index contributed by atoms with van der Waals surface area (Å²) in [6.45, 7) is 2.31. The minimum atomic E-state index is -0.382. The number of nitrogens with zero attached hydrogens (tertiary/aromatic N) is 1. The summed E-state index contributed by atoms with van der Waals surface area (Å²) in [6, 6.07) is 26.7. The number of rotatable bonds is 9. The van der Waals surface area contributed by atoms with E-state index in [0.29, 0.717) is 18.0 Å². The number of methoxy groups -OCH3 is 1. The number of thioether (sulfide) groups is 1. The van der Waals surface area contributed by atoms with Gasteiger partial charge in [-0.1, -0.05) is 60.7 Å². The number of carbonyl (C=O) groups excluding carboxylic acids is 2. The van der Waals surface area contributed by atoms with Gasteiger partial charge in [0, 0.05) is 5.69 Å². The van der Waals surface area contributed by atoms with Crippen molar-refractivity contribution >= 4 is 35.0 Å². The Kier molecular flexibility index (Phi) is 8.12. The molecule has 0 aromatic heterocycles. The minimum Gasteiger partial charge on any atom is -0.495 e. The van der Waals surface area contributed by atoms with Crippen LogP contribution in [0.5, 0.6) is 5.75 Å². The van der Waals surface area contributed by atoms with Crippen molar-refractivity contribution in [1.82, 2.24) is 0 Å². The van der Waals surface area contributed by atoms with Crippen LogP contribution in [-0.4, -0.2) is 29.9 Å². The second-order valence-electron chi connectivity index (χ2n) is 6.95. The second-order valence-corrected chi connectivity index (χ2v) is 8.28. The lowest BCUT2D eigenvalue weighted by atomic mass is 10.2. The molecule has 0 saturated heterocycles. The first-order valence-electron chi connectivity index (χ1n) is 10.0. The summed E-state index contributed by atoms with van der Waals surface area (Å²) in [5.74, 6) is 0.551. The van der Waals surface area contributed by atoms with Crippen LogP contribution in [0.4, 0.5) is 11.4 Å². The Morgan fingerprint density at radius 1 is 0.935 bits per heavy atom. The highest BCUT2D eigenvalue weighted by Gasteiger charge is 2.23. The van der Waals surface area contributed by atoms with Crippen LogP contribution in [-0.2, 0) is 16.1 Å². The maximum Gasteiger partial charge on any atom is 0.240 e. The predicted octanol–water partition coefficient (Wildman–Crippen LogP) is 4.99. The SMILES string of the molecule is COc1ccccc1NC(=O)CSC(C)C(=O)N(Cc1ccccc1)c1ccccc1. The van der Waals surface area contributed by atoms with E-state index in [2.05, 4.69) is 5.32 Å². The third-order valence-corrected chi connectivity index (χ3v) is 5.84. The Morgan fingerprint density at radius 3 is 2.23 bits per heavy atom. The molecule has 0 aliphatic carbocycles. The van der Waals surface area contributed by atoms with E-state index in [4.69, 9.17) is 4.74 Å². The summed E-state index contributed by atoms with van der Waals surface area (Å²) in [5, 5.41) is 2.46. The Morgan fingerprint density at radius 2 is 1.55 bits per heavy atom. The first-order valence-corrected chi connectivity index (χ1v) is 11.1. The summed E-state index contributed by atoms with van der Waals surface area (Å²) in [7, 11) is 1.56. The summed E-state index contributed by atoms with van der Waals surface area (Å²) < 4.78 is 5.26. The van der Waals surface area contributed by atoms with Gasteiger partial charge in [-0.15, -0.1) is 11.8 Å². The van der Waals surface area contributed by atoms with Crippen molar-refractivity contribution in [1.29, 1.82) is 0 Å². The largest absolute Gasteiger partial charge is 0.495 e. The van der Waals surface area contributed by atoms with Crippen molar-refractivity contribution in [3.8, 4) is 5.75 Å². The molecule has 160 valence electrons. The zero-order valence-corrected chi connectivity index (χ0v) is 18.5. The van der Waals surface area contributed by atoms with Crippen molar-refractivity contribution < 1.29 is 14.3 Å². The molecular weight excluding hydrogens is 408 g/mol. The molecule has 0 saturated carbocycles. The van der Waals surface area contributed by atoms with Crippen molar-refractivity contribution in [2.45, 2.75) is 18.7 Å². The smallest absolute Gasteiger partial charge is 0.240 e. The van der Waals surface area contributed by atoms with Gasteiger partial charge in [0.2, 0.25) is 11.8 Å². The molecule has 0 heterocycles. The summed E-state index contributed by atoms with van der Waals surface area (Å²) in [6.07, 6.45) is 0. The van der Waals surface area contributed by atoms with Gasteiger partial charge in [-0.2, -0.15) is 0 Å². The molecule has 5 nitrogen and oxygen atoms in total. The number of ether oxygens (including phenoxy) is 1. The van der Waals surface area contributed by atoms with E-state index in [1.807, 2.05) is 79.7 Å². The highest BCUT2D eigenvalue weighted by Crippen LogP contribution is 2.25. The quantitative estimate of drug-likeness (QED) is 0.516. The molecule has 1 unspecified atom stereocenters. The van der Waals surface area contributed by atoms with Gasteiger partial charge >= 0.3 is 0 Å². The Hall–Kier alpha value is -3.25. The fraction of sp³-hybridized carbons (Fsp3) is 0.200. The molecule has 31 heavy (non-hydrogen) atoms. The molecule has 0 aliphatic rings. The van der Waals surface area contributed by atoms with Crippen molar-refractivity contribution in [2.75, 3.05) is 23.1 Å². The molecule has 2 amide bonds. The van der Waals surface area contributed by atoms with Crippen LogP contribution in [0.3, 0.4) is 0 Å². The predicted molar refractivity (Wildman–Crippen MR) is 128 cm³/mol. The topological polar surface area (TPSA) is 58.6 Å². The molecule has 3 aromatic rings. The van der Waals surface area contributed by atoms with Gasteiger partial charge in [-0.3, -0.25) is 9.59 Å². The van der Waals surface area contributed by atoms with Gasteiger partial charge in [0.15, 0.2) is 0 Å². The monoisotopic (exact) mass is 434 g/mol. The average molecular weight is 435 g/mol. The number of carbonyl (C=O) groups is 2. The van der Waals surface area contributed by atoms with Crippen molar-refractivity contribution in [3.05, 3.63) is 90.5 Å². The zero-order valence-electron chi connectivity index (χ0n) is 17.7. The van der Waals surface area contributed by atoms with E-state index >= 15 is 0 Å². The van der Waals surface area contributed by atoms with E-state index in [0.717, 1.165) is 11.3 Å². The number of para-hydroxylation sites is 3. The van der Waals surface area contributed by atoms with Crippen LogP contribution in [0.2, 0.25) is 0 Å². The highest BCUT2D eigenvalue weighted by atomic mass is 32.2. The Labute approximate surface area is 187 Å². The highest BCUT2D eigenvalue weighted by molar-refractivity contribution is 8.01. The number of nitrogens with one attached hydrogen (secondary N) is 1. The summed E-state index contributed by atoms with van der Waals surface area (Å²) in [4.78, 5) is 27.5. The van der Waals surface area contributed by atoms with E-state index in [-0.39, 0.29) is 22.8 Å². The molecule has 3 aromatic carbocycles. The Bertz CT molecular complexity index is 996. The van der Waals surface area contributed by atoms with E-state index < -0.39 is 0 Å². The third-order valence-electron chi connectivity index (χ3n) is 4.71. The molecule has 1 N–H and O–H groups in total. The molecule has 3 rings (SSSR count). The number of hydrogen-bond donors (Lipinski definition) is 1. The van der Waals surface area contributed by atoms with Crippen LogP contribution < -0.4 is 15.0 Å². The fourth-order valence-corrected chi connectivity index (χ4v) is 3.84. The molecule has 0 radical (unpaired) electrons. The third kappa shape index (κ3) is 6.36. The van der Waals surface area contributed by atoms with E-state index in [1.54, 1.807) is 24.1 Å². The first-order chi connectivity index (χ1) is 15.1. The average Bonchev–Trinajstić information content (AvgIpc) is 2.82.